The molecule has 2 rings (SSSR count). The highest BCUT2D eigenvalue weighted by atomic mass is 16.2. The third kappa shape index (κ3) is 3.69. The van der Waals surface area contributed by atoms with Gasteiger partial charge in [0, 0.05) is 5.69 Å². The molecule has 0 unspecified atom stereocenters. The molecule has 0 saturated carbocycles. The molecule has 108 valence electrons. The fourth-order valence-electron chi connectivity index (χ4n) is 2.16. The number of amides is 2. The van der Waals surface area contributed by atoms with E-state index >= 15 is 0 Å². The van der Waals surface area contributed by atoms with E-state index in [0.29, 0.717) is 5.69 Å². The van der Waals surface area contributed by atoms with Gasteiger partial charge in [-0.05, 0) is 24.6 Å². The van der Waals surface area contributed by atoms with E-state index in [4.69, 9.17) is 5.73 Å². The van der Waals surface area contributed by atoms with Gasteiger partial charge in [0.15, 0.2) is 0 Å². The maximum absolute atomic E-state index is 12.6. The van der Waals surface area contributed by atoms with Crippen LogP contribution < -0.4 is 10.6 Å². The lowest BCUT2D eigenvalue weighted by atomic mass is 10.1. The minimum atomic E-state index is -0.691. The zero-order valence-electron chi connectivity index (χ0n) is 11.9. The Morgan fingerprint density at radius 3 is 2.05 bits per heavy atom. The summed E-state index contributed by atoms with van der Waals surface area (Å²) in [5, 5.41) is 0. The molecule has 0 spiro atoms. The summed E-state index contributed by atoms with van der Waals surface area (Å²) in [4.78, 5) is 25.5. The first-order chi connectivity index (χ1) is 10.1. The van der Waals surface area contributed by atoms with Gasteiger partial charge < -0.3 is 5.73 Å². The summed E-state index contributed by atoms with van der Waals surface area (Å²) in [7, 11) is 0. The Bertz CT molecular complexity index is 611. The van der Waals surface area contributed by atoms with Crippen LogP contribution in [0.3, 0.4) is 0 Å². The van der Waals surface area contributed by atoms with Gasteiger partial charge >= 0.3 is 0 Å². The summed E-state index contributed by atoms with van der Waals surface area (Å²) < 4.78 is 0. The number of carbonyl (C=O) groups excluding carboxylic acids is 2. The van der Waals surface area contributed by atoms with E-state index in [9.17, 15) is 9.59 Å². The van der Waals surface area contributed by atoms with Crippen molar-refractivity contribution in [2.24, 2.45) is 5.73 Å². The Morgan fingerprint density at radius 1 is 1.00 bits per heavy atom. The van der Waals surface area contributed by atoms with Gasteiger partial charge in [-0.2, -0.15) is 0 Å². The molecule has 0 aliphatic carbocycles. The predicted molar refractivity (Wildman–Crippen MR) is 82.7 cm³/mol. The number of rotatable bonds is 5. The molecule has 2 aromatic carbocycles. The molecule has 4 heteroatoms. The van der Waals surface area contributed by atoms with Crippen LogP contribution in [-0.2, 0) is 16.0 Å². The van der Waals surface area contributed by atoms with Crippen molar-refractivity contribution < 1.29 is 9.59 Å². The Labute approximate surface area is 124 Å². The van der Waals surface area contributed by atoms with E-state index in [-0.39, 0.29) is 12.3 Å². The molecule has 0 bridgehead atoms. The van der Waals surface area contributed by atoms with E-state index in [1.165, 1.54) is 4.90 Å². The maximum atomic E-state index is 12.6. The molecule has 0 aliphatic rings. The SMILES string of the molecule is C[C@@H](C(N)=O)N(C(=O)Cc1ccccc1)c1ccccc1. The Morgan fingerprint density at radius 2 is 1.52 bits per heavy atom. The monoisotopic (exact) mass is 282 g/mol. The van der Waals surface area contributed by atoms with Crippen LogP contribution in [-0.4, -0.2) is 17.9 Å². The number of carbonyl (C=O) groups is 2. The van der Waals surface area contributed by atoms with Crippen LogP contribution in [0.1, 0.15) is 12.5 Å². The second-order valence-electron chi connectivity index (χ2n) is 4.84. The maximum Gasteiger partial charge on any atom is 0.240 e. The standard InChI is InChI=1S/C17H18N2O2/c1-13(17(18)21)19(15-10-6-3-7-11-15)16(20)12-14-8-4-2-5-9-14/h2-11,13H,12H2,1H3,(H2,18,21)/t13-/m0/s1. The number of hydrogen-bond acceptors (Lipinski definition) is 2. The van der Waals surface area contributed by atoms with Gasteiger partial charge in [-0.15, -0.1) is 0 Å². The first-order valence-corrected chi connectivity index (χ1v) is 6.80. The molecule has 0 aliphatic heterocycles. The van der Waals surface area contributed by atoms with Crippen LogP contribution in [0, 0.1) is 0 Å². The molecule has 2 amide bonds. The molecule has 0 heterocycles. The number of para-hydroxylation sites is 1. The van der Waals surface area contributed by atoms with Crippen molar-refractivity contribution in [3.05, 3.63) is 66.2 Å². The number of nitrogens with two attached hydrogens (primary N) is 1. The number of primary amides is 1. The van der Waals surface area contributed by atoms with Crippen LogP contribution in [0.25, 0.3) is 0 Å². The van der Waals surface area contributed by atoms with Gasteiger partial charge in [0.25, 0.3) is 0 Å². The first-order valence-electron chi connectivity index (χ1n) is 6.80. The van der Waals surface area contributed by atoms with Crippen molar-refractivity contribution in [1.29, 1.82) is 0 Å². The molecule has 0 radical (unpaired) electrons. The molecule has 0 fully saturated rings. The van der Waals surface area contributed by atoms with Crippen molar-refractivity contribution in [3.63, 3.8) is 0 Å². The minimum absolute atomic E-state index is 0.154. The van der Waals surface area contributed by atoms with Crippen molar-refractivity contribution in [2.75, 3.05) is 4.90 Å². The molecule has 0 saturated heterocycles. The van der Waals surface area contributed by atoms with Crippen LogP contribution in [0.4, 0.5) is 5.69 Å². The van der Waals surface area contributed by atoms with Crippen LogP contribution >= 0.6 is 0 Å². The molecule has 0 aromatic heterocycles. The summed E-state index contributed by atoms with van der Waals surface area (Å²) in [6.07, 6.45) is 0.230. The average Bonchev–Trinajstić information content (AvgIpc) is 2.49. The molecule has 21 heavy (non-hydrogen) atoms. The van der Waals surface area contributed by atoms with Gasteiger partial charge in [-0.1, -0.05) is 48.5 Å². The fourth-order valence-corrected chi connectivity index (χ4v) is 2.16. The first kappa shape index (κ1) is 14.8. The molecule has 4 nitrogen and oxygen atoms in total. The number of nitrogens with zero attached hydrogens (tertiary/aromatic N) is 1. The van der Waals surface area contributed by atoms with Crippen LogP contribution in [0.2, 0.25) is 0 Å². The number of benzene rings is 2. The summed E-state index contributed by atoms with van der Waals surface area (Å²) in [5.41, 5.74) is 6.95. The predicted octanol–water partition coefficient (Wildman–Crippen LogP) is 2.14. The normalized spacial score (nSPS) is 11.7. The summed E-state index contributed by atoms with van der Waals surface area (Å²) >= 11 is 0. The second-order valence-corrected chi connectivity index (χ2v) is 4.84. The zero-order chi connectivity index (χ0) is 15.2. The smallest absolute Gasteiger partial charge is 0.240 e. The lowest BCUT2D eigenvalue weighted by Gasteiger charge is -2.27. The van der Waals surface area contributed by atoms with Gasteiger partial charge in [0.1, 0.15) is 6.04 Å². The molecular weight excluding hydrogens is 264 g/mol. The second kappa shape index (κ2) is 6.70. The lowest BCUT2D eigenvalue weighted by molar-refractivity contribution is -0.124. The van der Waals surface area contributed by atoms with Gasteiger partial charge in [-0.3, -0.25) is 14.5 Å². The highest BCUT2D eigenvalue weighted by Crippen LogP contribution is 2.18. The quantitative estimate of drug-likeness (QED) is 0.913. The minimum Gasteiger partial charge on any atom is -0.368 e. The Hall–Kier alpha value is -2.62. The van der Waals surface area contributed by atoms with E-state index in [0.717, 1.165) is 5.56 Å². The summed E-state index contributed by atoms with van der Waals surface area (Å²) in [5.74, 6) is -0.682. The molecule has 1 atom stereocenters. The summed E-state index contributed by atoms with van der Waals surface area (Å²) in [6, 6.07) is 17.8. The Kier molecular flexibility index (Phi) is 4.72. The third-order valence-corrected chi connectivity index (χ3v) is 3.30. The van der Waals surface area contributed by atoms with Crippen molar-refractivity contribution >= 4 is 17.5 Å². The topological polar surface area (TPSA) is 63.4 Å². The van der Waals surface area contributed by atoms with Crippen LogP contribution in [0.15, 0.2) is 60.7 Å². The largest absolute Gasteiger partial charge is 0.368 e. The van der Waals surface area contributed by atoms with E-state index < -0.39 is 11.9 Å². The molecule has 2 aromatic rings. The van der Waals surface area contributed by atoms with E-state index in [1.807, 2.05) is 48.5 Å². The van der Waals surface area contributed by atoms with Gasteiger partial charge in [0.05, 0.1) is 6.42 Å². The number of hydrogen-bond donors (Lipinski definition) is 1. The Balaban J connectivity index is 2.27. The number of anilines is 1. The van der Waals surface area contributed by atoms with Gasteiger partial charge in [0.2, 0.25) is 11.8 Å². The fraction of sp³-hybridized carbons (Fsp3) is 0.176. The van der Waals surface area contributed by atoms with E-state index in [2.05, 4.69) is 0 Å². The zero-order valence-corrected chi connectivity index (χ0v) is 11.9. The van der Waals surface area contributed by atoms with Gasteiger partial charge in [-0.25, -0.2) is 0 Å². The summed E-state index contributed by atoms with van der Waals surface area (Å²) in [6.45, 7) is 1.64. The van der Waals surface area contributed by atoms with Crippen molar-refractivity contribution in [1.82, 2.24) is 0 Å². The third-order valence-electron chi connectivity index (χ3n) is 3.30. The lowest BCUT2D eigenvalue weighted by Crippen LogP contribution is -2.47. The van der Waals surface area contributed by atoms with Crippen LogP contribution in [0.5, 0.6) is 0 Å². The highest BCUT2D eigenvalue weighted by molar-refractivity contribution is 6.01. The molecular formula is C17H18N2O2. The average molecular weight is 282 g/mol. The van der Waals surface area contributed by atoms with E-state index in [1.54, 1.807) is 19.1 Å². The molecule has 2 N–H and O–H groups in total. The van der Waals surface area contributed by atoms with Crippen molar-refractivity contribution in [2.45, 2.75) is 19.4 Å². The van der Waals surface area contributed by atoms with Crippen molar-refractivity contribution in [3.8, 4) is 0 Å². The highest BCUT2D eigenvalue weighted by Gasteiger charge is 2.25.